The second kappa shape index (κ2) is 4.72. The Kier molecular flexibility index (Phi) is 3.88. The third-order valence-corrected chi connectivity index (χ3v) is 2.33. The van der Waals surface area contributed by atoms with E-state index >= 15 is 0 Å². The first kappa shape index (κ1) is 9.86. The molecule has 12 heavy (non-hydrogen) atoms. The molecule has 0 saturated carbocycles. The number of hydrogen-bond acceptors (Lipinski definition) is 1. The van der Waals surface area contributed by atoms with Gasteiger partial charge in [0.2, 0.25) is 0 Å². The third kappa shape index (κ3) is 2.68. The third-order valence-electron chi connectivity index (χ3n) is 1.25. The van der Waals surface area contributed by atoms with Crippen LogP contribution in [0.5, 0.6) is 5.75 Å². The second-order valence-corrected chi connectivity index (χ2v) is 3.77. The molecule has 0 saturated heterocycles. The minimum absolute atomic E-state index is 0.525. The summed E-state index contributed by atoms with van der Waals surface area (Å²) < 4.78 is 6.37. The standard InChI is InChI=1S/C9H8ClIO/c1-2-5-12-9-4-3-7(10)6-8(9)11/h2-4,6H,1,5H2. The van der Waals surface area contributed by atoms with Crippen LogP contribution in [0.4, 0.5) is 0 Å². The maximum Gasteiger partial charge on any atom is 0.133 e. The molecule has 0 atom stereocenters. The number of halogens is 2. The van der Waals surface area contributed by atoms with Gasteiger partial charge in [0.05, 0.1) is 3.57 Å². The molecule has 1 rings (SSSR count). The minimum Gasteiger partial charge on any atom is -0.488 e. The molecule has 64 valence electrons. The van der Waals surface area contributed by atoms with Crippen LogP contribution in [0.15, 0.2) is 30.9 Å². The van der Waals surface area contributed by atoms with E-state index in [-0.39, 0.29) is 0 Å². The number of rotatable bonds is 3. The van der Waals surface area contributed by atoms with E-state index in [2.05, 4.69) is 29.2 Å². The molecule has 3 heteroatoms. The molecule has 0 heterocycles. The van der Waals surface area contributed by atoms with Gasteiger partial charge in [-0.25, -0.2) is 0 Å². The maximum absolute atomic E-state index is 5.77. The Hall–Kier alpha value is -0.220. The van der Waals surface area contributed by atoms with Gasteiger partial charge < -0.3 is 4.74 Å². The highest BCUT2D eigenvalue weighted by Crippen LogP contribution is 2.24. The Bertz CT molecular complexity index is 286. The minimum atomic E-state index is 0.525. The van der Waals surface area contributed by atoms with Gasteiger partial charge in [-0.3, -0.25) is 0 Å². The highest BCUT2D eigenvalue weighted by atomic mass is 127. The lowest BCUT2D eigenvalue weighted by Gasteiger charge is -2.05. The summed E-state index contributed by atoms with van der Waals surface area (Å²) in [6.45, 7) is 4.09. The molecule has 0 fully saturated rings. The van der Waals surface area contributed by atoms with Crippen molar-refractivity contribution in [2.75, 3.05) is 6.61 Å². The molecule has 0 aromatic heterocycles. The van der Waals surface area contributed by atoms with Crippen molar-refractivity contribution < 1.29 is 4.74 Å². The summed E-state index contributed by atoms with van der Waals surface area (Å²) >= 11 is 7.95. The Labute approximate surface area is 90.5 Å². The van der Waals surface area contributed by atoms with Crippen LogP contribution in [0.1, 0.15) is 0 Å². The zero-order valence-electron chi connectivity index (χ0n) is 6.39. The van der Waals surface area contributed by atoms with Crippen LogP contribution in [0.3, 0.4) is 0 Å². The predicted molar refractivity (Wildman–Crippen MR) is 59.9 cm³/mol. The SMILES string of the molecule is C=CCOc1ccc(Cl)cc1I. The molecule has 0 aliphatic rings. The first-order valence-corrected chi connectivity index (χ1v) is 4.88. The predicted octanol–water partition coefficient (Wildman–Crippen LogP) is 3.51. The zero-order chi connectivity index (χ0) is 8.97. The fraction of sp³-hybridized carbons (Fsp3) is 0.111. The highest BCUT2D eigenvalue weighted by Gasteiger charge is 1.99. The monoisotopic (exact) mass is 294 g/mol. The van der Waals surface area contributed by atoms with Crippen molar-refractivity contribution >= 4 is 34.2 Å². The normalized spacial score (nSPS) is 9.50. The van der Waals surface area contributed by atoms with Crippen LogP contribution in [0, 0.1) is 3.57 Å². The van der Waals surface area contributed by atoms with Gasteiger partial charge in [-0.1, -0.05) is 24.3 Å². The molecule has 0 aliphatic carbocycles. The van der Waals surface area contributed by atoms with Crippen molar-refractivity contribution in [3.63, 3.8) is 0 Å². The van der Waals surface area contributed by atoms with Gasteiger partial charge >= 0.3 is 0 Å². The van der Waals surface area contributed by atoms with Gasteiger partial charge in [0, 0.05) is 5.02 Å². The number of hydrogen-bond donors (Lipinski definition) is 0. The van der Waals surface area contributed by atoms with Crippen LogP contribution in [-0.4, -0.2) is 6.61 Å². The van der Waals surface area contributed by atoms with Crippen molar-refractivity contribution in [3.05, 3.63) is 39.4 Å². The smallest absolute Gasteiger partial charge is 0.133 e. The van der Waals surface area contributed by atoms with Crippen LogP contribution in [-0.2, 0) is 0 Å². The molecule has 0 aliphatic heterocycles. The molecule has 0 N–H and O–H groups in total. The van der Waals surface area contributed by atoms with Crippen molar-refractivity contribution in [1.82, 2.24) is 0 Å². The average molecular weight is 295 g/mol. The van der Waals surface area contributed by atoms with E-state index < -0.39 is 0 Å². The van der Waals surface area contributed by atoms with Crippen molar-refractivity contribution in [2.24, 2.45) is 0 Å². The lowest BCUT2D eigenvalue weighted by molar-refractivity contribution is 0.360. The molecule has 0 radical (unpaired) electrons. The van der Waals surface area contributed by atoms with E-state index in [1.807, 2.05) is 18.2 Å². The summed E-state index contributed by atoms with van der Waals surface area (Å²) in [6, 6.07) is 5.52. The molecule has 0 spiro atoms. The van der Waals surface area contributed by atoms with Gasteiger partial charge in [0.1, 0.15) is 12.4 Å². The maximum atomic E-state index is 5.77. The summed E-state index contributed by atoms with van der Waals surface area (Å²) in [4.78, 5) is 0. The molecule has 0 bridgehead atoms. The topological polar surface area (TPSA) is 9.23 Å². The Morgan fingerprint density at radius 3 is 2.92 bits per heavy atom. The van der Waals surface area contributed by atoms with Gasteiger partial charge in [0.15, 0.2) is 0 Å². The lowest BCUT2D eigenvalue weighted by atomic mass is 10.3. The molecule has 1 aromatic rings. The summed E-state index contributed by atoms with van der Waals surface area (Å²) in [5, 5.41) is 0.727. The number of ether oxygens (including phenoxy) is 1. The quantitative estimate of drug-likeness (QED) is 0.612. The molecule has 0 unspecified atom stereocenters. The van der Waals surface area contributed by atoms with Crippen molar-refractivity contribution in [3.8, 4) is 5.75 Å². The average Bonchev–Trinajstić information content (AvgIpc) is 2.03. The van der Waals surface area contributed by atoms with Crippen LogP contribution >= 0.6 is 34.2 Å². The fourth-order valence-corrected chi connectivity index (χ4v) is 1.77. The second-order valence-electron chi connectivity index (χ2n) is 2.17. The van der Waals surface area contributed by atoms with E-state index in [0.29, 0.717) is 6.61 Å². The fourth-order valence-electron chi connectivity index (χ4n) is 0.741. The Balaban J connectivity index is 2.78. The van der Waals surface area contributed by atoms with Crippen LogP contribution in [0.25, 0.3) is 0 Å². The first-order valence-electron chi connectivity index (χ1n) is 3.43. The first-order chi connectivity index (χ1) is 5.74. The highest BCUT2D eigenvalue weighted by molar-refractivity contribution is 14.1. The van der Waals surface area contributed by atoms with E-state index in [4.69, 9.17) is 16.3 Å². The van der Waals surface area contributed by atoms with Crippen LogP contribution < -0.4 is 4.74 Å². The molecule has 1 nitrogen and oxygen atoms in total. The summed E-state index contributed by atoms with van der Waals surface area (Å²) in [5.41, 5.74) is 0. The largest absolute Gasteiger partial charge is 0.488 e. The van der Waals surface area contributed by atoms with E-state index in [9.17, 15) is 0 Å². The summed E-state index contributed by atoms with van der Waals surface area (Å²) in [7, 11) is 0. The number of benzene rings is 1. The molecule has 1 aromatic carbocycles. The van der Waals surface area contributed by atoms with E-state index in [0.717, 1.165) is 14.3 Å². The molecule has 0 amide bonds. The van der Waals surface area contributed by atoms with Gasteiger partial charge in [0.25, 0.3) is 0 Å². The van der Waals surface area contributed by atoms with Gasteiger partial charge in [-0.05, 0) is 40.8 Å². The molecular weight excluding hydrogens is 286 g/mol. The zero-order valence-corrected chi connectivity index (χ0v) is 9.30. The van der Waals surface area contributed by atoms with E-state index in [1.54, 1.807) is 6.08 Å². The van der Waals surface area contributed by atoms with Crippen molar-refractivity contribution in [2.45, 2.75) is 0 Å². The summed E-state index contributed by atoms with van der Waals surface area (Å²) in [6.07, 6.45) is 1.71. The Morgan fingerprint density at radius 2 is 2.33 bits per heavy atom. The Morgan fingerprint density at radius 1 is 1.58 bits per heavy atom. The van der Waals surface area contributed by atoms with Gasteiger partial charge in [-0.2, -0.15) is 0 Å². The summed E-state index contributed by atoms with van der Waals surface area (Å²) in [5.74, 6) is 0.847. The van der Waals surface area contributed by atoms with E-state index in [1.165, 1.54) is 0 Å². The van der Waals surface area contributed by atoms with Crippen molar-refractivity contribution in [1.29, 1.82) is 0 Å². The van der Waals surface area contributed by atoms with Crippen LogP contribution in [0.2, 0.25) is 5.02 Å². The molecular formula is C9H8ClIO. The van der Waals surface area contributed by atoms with Gasteiger partial charge in [-0.15, -0.1) is 0 Å². The lowest BCUT2D eigenvalue weighted by Crippen LogP contribution is -1.94.